The quantitative estimate of drug-likeness (QED) is 0.553. The van der Waals surface area contributed by atoms with E-state index >= 15 is 0 Å². The standard InChI is InChI=1S/C18H24N4O2/c1-13(7-8-14(2)19)11-20-18(24)21-12-17(23)22-10-9-15-5-3-4-6-16(15)22/h3-7,19H,8-12H2,1-2H3,(H2,20,21,24). The average Bonchev–Trinajstić information content (AvgIpc) is 3.00. The third kappa shape index (κ3) is 4.94. The van der Waals surface area contributed by atoms with Gasteiger partial charge in [0.1, 0.15) is 0 Å². The lowest BCUT2D eigenvalue weighted by atomic mass is 10.2. The fourth-order valence-electron chi connectivity index (χ4n) is 2.53. The molecule has 0 spiro atoms. The number of para-hydroxylation sites is 1. The number of amides is 3. The van der Waals surface area contributed by atoms with Gasteiger partial charge in [0.15, 0.2) is 0 Å². The van der Waals surface area contributed by atoms with Gasteiger partial charge in [-0.2, -0.15) is 0 Å². The molecule has 0 atom stereocenters. The van der Waals surface area contributed by atoms with Gasteiger partial charge in [0.25, 0.3) is 0 Å². The second-order valence-electron chi connectivity index (χ2n) is 6.00. The molecule has 0 saturated carbocycles. The van der Waals surface area contributed by atoms with E-state index in [0.717, 1.165) is 23.2 Å². The van der Waals surface area contributed by atoms with Gasteiger partial charge in [-0.05, 0) is 31.9 Å². The van der Waals surface area contributed by atoms with Gasteiger partial charge in [0.05, 0.1) is 6.54 Å². The van der Waals surface area contributed by atoms with Crippen LogP contribution < -0.4 is 15.5 Å². The van der Waals surface area contributed by atoms with Crippen molar-refractivity contribution in [1.82, 2.24) is 10.6 Å². The van der Waals surface area contributed by atoms with E-state index in [0.29, 0.717) is 25.2 Å². The van der Waals surface area contributed by atoms with Crippen LogP contribution in [0.25, 0.3) is 0 Å². The van der Waals surface area contributed by atoms with Crippen LogP contribution in [0.1, 0.15) is 25.8 Å². The van der Waals surface area contributed by atoms with Crippen molar-refractivity contribution in [2.24, 2.45) is 0 Å². The van der Waals surface area contributed by atoms with Gasteiger partial charge < -0.3 is 20.9 Å². The van der Waals surface area contributed by atoms with E-state index in [-0.39, 0.29) is 18.5 Å². The molecule has 128 valence electrons. The molecular weight excluding hydrogens is 304 g/mol. The molecule has 3 N–H and O–H groups in total. The van der Waals surface area contributed by atoms with Gasteiger partial charge in [-0.1, -0.05) is 29.8 Å². The summed E-state index contributed by atoms with van der Waals surface area (Å²) in [4.78, 5) is 25.8. The number of hydrogen-bond donors (Lipinski definition) is 3. The van der Waals surface area contributed by atoms with E-state index in [1.807, 2.05) is 37.3 Å². The highest BCUT2D eigenvalue weighted by Gasteiger charge is 2.23. The number of carbonyl (C=O) groups excluding carboxylic acids is 2. The zero-order valence-electron chi connectivity index (χ0n) is 14.2. The van der Waals surface area contributed by atoms with Crippen molar-refractivity contribution < 1.29 is 9.59 Å². The van der Waals surface area contributed by atoms with Gasteiger partial charge >= 0.3 is 6.03 Å². The van der Waals surface area contributed by atoms with Crippen LogP contribution in [0.4, 0.5) is 10.5 Å². The normalized spacial score (nSPS) is 13.4. The molecule has 0 radical (unpaired) electrons. The first kappa shape index (κ1) is 17.7. The Morgan fingerprint density at radius 2 is 1.92 bits per heavy atom. The SMILES string of the molecule is CC(=N)CC=C(C)CNC(=O)NCC(=O)N1CCc2ccccc21. The van der Waals surface area contributed by atoms with Gasteiger partial charge in [-0.25, -0.2) is 4.79 Å². The molecule has 1 aliphatic rings. The molecule has 24 heavy (non-hydrogen) atoms. The van der Waals surface area contributed by atoms with E-state index in [2.05, 4.69) is 10.6 Å². The first-order valence-electron chi connectivity index (χ1n) is 8.07. The molecule has 0 aliphatic carbocycles. The molecule has 0 fully saturated rings. The van der Waals surface area contributed by atoms with Crippen molar-refractivity contribution >= 4 is 23.3 Å². The van der Waals surface area contributed by atoms with Crippen molar-refractivity contribution in [3.8, 4) is 0 Å². The maximum Gasteiger partial charge on any atom is 0.315 e. The largest absolute Gasteiger partial charge is 0.334 e. The maximum atomic E-state index is 12.3. The Kier molecular flexibility index (Phi) is 6.12. The van der Waals surface area contributed by atoms with E-state index in [1.165, 1.54) is 0 Å². The second-order valence-corrected chi connectivity index (χ2v) is 6.00. The Labute approximate surface area is 142 Å². The minimum absolute atomic E-state index is 0.0253. The van der Waals surface area contributed by atoms with Crippen molar-refractivity contribution in [2.45, 2.75) is 26.7 Å². The van der Waals surface area contributed by atoms with Crippen molar-refractivity contribution in [3.05, 3.63) is 41.5 Å². The van der Waals surface area contributed by atoms with Gasteiger partial charge in [0, 0.05) is 30.9 Å². The summed E-state index contributed by atoms with van der Waals surface area (Å²) in [6.07, 6.45) is 3.35. The number of benzene rings is 1. The van der Waals surface area contributed by atoms with E-state index < -0.39 is 0 Å². The summed E-state index contributed by atoms with van der Waals surface area (Å²) in [6.45, 7) is 4.68. The summed E-state index contributed by atoms with van der Waals surface area (Å²) in [5.41, 5.74) is 3.66. The molecule has 1 heterocycles. The van der Waals surface area contributed by atoms with Crippen molar-refractivity contribution in [2.75, 3.05) is 24.5 Å². The first-order chi connectivity index (χ1) is 11.5. The van der Waals surface area contributed by atoms with Crippen LogP contribution in [0.3, 0.4) is 0 Å². The molecule has 2 rings (SSSR count). The summed E-state index contributed by atoms with van der Waals surface area (Å²) in [5.74, 6) is -0.109. The van der Waals surface area contributed by atoms with E-state index in [9.17, 15) is 9.59 Å². The van der Waals surface area contributed by atoms with Gasteiger partial charge in [-0.15, -0.1) is 0 Å². The maximum absolute atomic E-state index is 12.3. The minimum atomic E-state index is -0.366. The molecule has 6 nitrogen and oxygen atoms in total. The second kappa shape index (κ2) is 8.29. The zero-order chi connectivity index (χ0) is 17.5. The predicted octanol–water partition coefficient (Wildman–Crippen LogP) is 2.25. The topological polar surface area (TPSA) is 85.3 Å². The number of anilines is 1. The van der Waals surface area contributed by atoms with Crippen LogP contribution in [-0.4, -0.2) is 37.3 Å². The number of rotatable bonds is 6. The average molecular weight is 328 g/mol. The summed E-state index contributed by atoms with van der Waals surface area (Å²) in [5, 5.41) is 12.7. The highest BCUT2D eigenvalue weighted by Crippen LogP contribution is 2.27. The van der Waals surface area contributed by atoms with Crippen LogP contribution in [0.15, 0.2) is 35.9 Å². The smallest absolute Gasteiger partial charge is 0.315 e. The third-order valence-corrected chi connectivity index (χ3v) is 3.87. The number of nitrogens with zero attached hydrogens (tertiary/aromatic N) is 1. The number of carbonyl (C=O) groups is 2. The monoisotopic (exact) mass is 328 g/mol. The molecular formula is C18H24N4O2. The lowest BCUT2D eigenvalue weighted by Crippen LogP contribution is -2.43. The molecule has 3 amide bonds. The number of fused-ring (bicyclic) bond motifs is 1. The highest BCUT2D eigenvalue weighted by molar-refractivity contribution is 5.98. The van der Waals surface area contributed by atoms with E-state index in [1.54, 1.807) is 11.8 Å². The Bertz CT molecular complexity index is 667. The van der Waals surface area contributed by atoms with Gasteiger partial charge in [0.2, 0.25) is 5.91 Å². The van der Waals surface area contributed by atoms with E-state index in [4.69, 9.17) is 5.41 Å². The lowest BCUT2D eigenvalue weighted by molar-refractivity contribution is -0.117. The first-order valence-corrected chi connectivity index (χ1v) is 8.07. The summed E-state index contributed by atoms with van der Waals surface area (Å²) >= 11 is 0. The number of allylic oxidation sites excluding steroid dienone is 1. The van der Waals surface area contributed by atoms with Crippen LogP contribution in [0.2, 0.25) is 0 Å². The fourth-order valence-corrected chi connectivity index (χ4v) is 2.53. The highest BCUT2D eigenvalue weighted by atomic mass is 16.2. The summed E-state index contributed by atoms with van der Waals surface area (Å²) in [6, 6.07) is 7.47. The Morgan fingerprint density at radius 3 is 2.67 bits per heavy atom. The lowest BCUT2D eigenvalue weighted by Gasteiger charge is -2.17. The Balaban J connectivity index is 1.75. The zero-order valence-corrected chi connectivity index (χ0v) is 14.2. The van der Waals surface area contributed by atoms with Gasteiger partial charge in [-0.3, -0.25) is 4.79 Å². The van der Waals surface area contributed by atoms with Crippen molar-refractivity contribution in [1.29, 1.82) is 5.41 Å². The molecule has 0 unspecified atom stereocenters. The summed E-state index contributed by atoms with van der Waals surface area (Å²) < 4.78 is 0. The molecule has 0 bridgehead atoms. The molecule has 1 aliphatic heterocycles. The molecule has 1 aromatic carbocycles. The van der Waals surface area contributed by atoms with Crippen LogP contribution in [0, 0.1) is 5.41 Å². The molecule has 0 saturated heterocycles. The number of nitrogens with one attached hydrogen (secondary N) is 3. The van der Waals surface area contributed by atoms with Crippen molar-refractivity contribution in [3.63, 3.8) is 0 Å². The third-order valence-electron chi connectivity index (χ3n) is 3.87. The molecule has 1 aromatic rings. The predicted molar refractivity (Wildman–Crippen MR) is 95.7 cm³/mol. The molecule has 6 heteroatoms. The Hall–Kier alpha value is -2.63. The van der Waals surface area contributed by atoms with Crippen LogP contribution in [0.5, 0.6) is 0 Å². The number of hydrogen-bond acceptors (Lipinski definition) is 3. The Morgan fingerprint density at radius 1 is 1.21 bits per heavy atom. The molecule has 0 aromatic heterocycles. The fraction of sp³-hybridized carbons (Fsp3) is 0.389. The number of urea groups is 1. The summed E-state index contributed by atoms with van der Waals surface area (Å²) in [7, 11) is 0. The minimum Gasteiger partial charge on any atom is -0.334 e. The van der Waals surface area contributed by atoms with Crippen LogP contribution in [-0.2, 0) is 11.2 Å². The van der Waals surface area contributed by atoms with Crippen LogP contribution >= 0.6 is 0 Å².